The summed E-state index contributed by atoms with van der Waals surface area (Å²) in [5.41, 5.74) is 2.64. The second-order valence-corrected chi connectivity index (χ2v) is 7.34. The lowest BCUT2D eigenvalue weighted by Gasteiger charge is -2.35. The van der Waals surface area contributed by atoms with Crippen LogP contribution in [0.3, 0.4) is 0 Å². The minimum atomic E-state index is 0.819. The topological polar surface area (TPSA) is 24.9 Å². The Morgan fingerprint density at radius 3 is 2.67 bits per heavy atom. The van der Waals surface area contributed by atoms with Gasteiger partial charge in [-0.15, -0.1) is 0 Å². The lowest BCUT2D eigenvalue weighted by molar-refractivity contribution is 0.182. The van der Waals surface area contributed by atoms with Crippen LogP contribution >= 0.6 is 0 Å². The van der Waals surface area contributed by atoms with Gasteiger partial charge in [0.05, 0.1) is 0 Å². The van der Waals surface area contributed by atoms with E-state index in [9.17, 15) is 0 Å². The van der Waals surface area contributed by atoms with E-state index in [-0.39, 0.29) is 0 Å². The van der Waals surface area contributed by atoms with Crippen molar-refractivity contribution in [3.05, 3.63) is 29.6 Å². The Morgan fingerprint density at radius 1 is 1.14 bits per heavy atom. The van der Waals surface area contributed by atoms with Gasteiger partial charge >= 0.3 is 0 Å². The van der Waals surface area contributed by atoms with Gasteiger partial charge in [0.25, 0.3) is 0 Å². The molecule has 0 bridgehead atoms. The fraction of sp³-hybridized carbons (Fsp3) is 0.737. The van der Waals surface area contributed by atoms with Gasteiger partial charge in [0.1, 0.15) is 0 Å². The average Bonchev–Trinajstić information content (AvgIpc) is 3.31. The third kappa shape index (κ3) is 4.29. The molecule has 1 aromatic rings. The van der Waals surface area contributed by atoms with E-state index < -0.39 is 0 Å². The van der Waals surface area contributed by atoms with E-state index in [1.54, 1.807) is 0 Å². The predicted octanol–water partition coefficient (Wildman–Crippen LogP) is 3.99. The maximum Gasteiger partial charge on any atom is 0.0406 e. The van der Waals surface area contributed by atoms with Gasteiger partial charge < -0.3 is 5.32 Å². The zero-order chi connectivity index (χ0) is 14.7. The molecule has 0 aromatic carbocycles. The van der Waals surface area contributed by atoms with E-state index >= 15 is 0 Å². The number of rotatable bonds is 6. The summed E-state index contributed by atoms with van der Waals surface area (Å²) in [6.07, 6.45) is 11.3. The molecule has 3 rings (SSSR count). The first-order valence-electron chi connectivity index (χ1n) is 8.91. The van der Waals surface area contributed by atoms with E-state index in [0.29, 0.717) is 0 Å². The van der Waals surface area contributed by atoms with Crippen molar-refractivity contribution in [1.29, 1.82) is 0 Å². The normalized spacial score (nSPS) is 29.5. The second kappa shape index (κ2) is 6.91. The molecule has 0 aliphatic heterocycles. The monoisotopic (exact) mass is 286 g/mol. The van der Waals surface area contributed by atoms with Crippen LogP contribution in [0.15, 0.2) is 18.3 Å². The van der Waals surface area contributed by atoms with Gasteiger partial charge in [-0.3, -0.25) is 4.98 Å². The number of pyridine rings is 1. The highest BCUT2D eigenvalue weighted by molar-refractivity contribution is 5.14. The minimum absolute atomic E-state index is 0.819. The van der Waals surface area contributed by atoms with Gasteiger partial charge in [-0.1, -0.05) is 26.3 Å². The van der Waals surface area contributed by atoms with Crippen LogP contribution < -0.4 is 5.32 Å². The van der Waals surface area contributed by atoms with E-state index in [0.717, 1.165) is 30.2 Å². The summed E-state index contributed by atoms with van der Waals surface area (Å²) < 4.78 is 0. The lowest BCUT2D eigenvalue weighted by atomic mass is 9.72. The molecule has 2 aliphatic rings. The maximum absolute atomic E-state index is 4.69. The van der Waals surface area contributed by atoms with Gasteiger partial charge in [-0.2, -0.15) is 0 Å². The number of aromatic nitrogens is 1. The molecular weight excluding hydrogens is 256 g/mol. The molecule has 1 aromatic heterocycles. The van der Waals surface area contributed by atoms with Crippen molar-refractivity contribution in [2.45, 2.75) is 64.8 Å². The third-order valence-corrected chi connectivity index (χ3v) is 5.41. The number of nitrogens with one attached hydrogen (secondary N) is 1. The van der Waals surface area contributed by atoms with Crippen molar-refractivity contribution in [1.82, 2.24) is 10.3 Å². The van der Waals surface area contributed by atoms with Gasteiger partial charge in [0.15, 0.2) is 0 Å². The first-order valence-corrected chi connectivity index (χ1v) is 8.91. The average molecular weight is 286 g/mol. The van der Waals surface area contributed by atoms with Crippen molar-refractivity contribution in [3.63, 3.8) is 0 Å². The molecule has 2 aliphatic carbocycles. The fourth-order valence-corrected chi connectivity index (χ4v) is 3.74. The van der Waals surface area contributed by atoms with Crippen molar-refractivity contribution in [3.8, 4) is 0 Å². The summed E-state index contributed by atoms with van der Waals surface area (Å²) in [6, 6.07) is 5.35. The zero-order valence-electron chi connectivity index (χ0n) is 13.6. The molecule has 0 radical (unpaired) electrons. The molecule has 3 atom stereocenters. The van der Waals surface area contributed by atoms with Gasteiger partial charge in [-0.25, -0.2) is 0 Å². The highest BCUT2D eigenvalue weighted by Gasteiger charge is 2.30. The van der Waals surface area contributed by atoms with Crippen LogP contribution in [0, 0.1) is 17.8 Å². The van der Waals surface area contributed by atoms with Gasteiger partial charge in [-0.05, 0) is 74.5 Å². The van der Waals surface area contributed by atoms with Crippen LogP contribution in [0.25, 0.3) is 0 Å². The Morgan fingerprint density at radius 2 is 2.00 bits per heavy atom. The summed E-state index contributed by atoms with van der Waals surface area (Å²) in [5, 5.41) is 3.75. The minimum Gasteiger partial charge on any atom is -0.314 e. The van der Waals surface area contributed by atoms with Gasteiger partial charge in [0.2, 0.25) is 0 Å². The third-order valence-electron chi connectivity index (χ3n) is 5.41. The molecule has 0 spiro atoms. The molecule has 1 heterocycles. The van der Waals surface area contributed by atoms with Crippen molar-refractivity contribution >= 4 is 0 Å². The maximum atomic E-state index is 4.69. The van der Waals surface area contributed by atoms with E-state index in [1.807, 2.05) is 0 Å². The zero-order valence-corrected chi connectivity index (χ0v) is 13.6. The first-order chi connectivity index (χ1) is 10.2. The van der Waals surface area contributed by atoms with Crippen LogP contribution in [0.4, 0.5) is 0 Å². The van der Waals surface area contributed by atoms with Crippen molar-refractivity contribution < 1.29 is 0 Å². The van der Waals surface area contributed by atoms with Crippen LogP contribution in [-0.2, 0) is 12.8 Å². The molecule has 1 N–H and O–H groups in total. The number of aryl methyl sites for hydroxylation is 1. The lowest BCUT2D eigenvalue weighted by Crippen LogP contribution is -2.34. The Bertz CT molecular complexity index is 435. The molecule has 2 fully saturated rings. The second-order valence-electron chi connectivity index (χ2n) is 7.34. The summed E-state index contributed by atoms with van der Waals surface area (Å²) >= 11 is 0. The molecule has 3 unspecified atom stereocenters. The quantitative estimate of drug-likeness (QED) is 0.855. The smallest absolute Gasteiger partial charge is 0.0406 e. The van der Waals surface area contributed by atoms with E-state index in [2.05, 4.69) is 37.5 Å². The molecule has 2 heteroatoms. The number of hydrogen-bond donors (Lipinski definition) is 1. The molecule has 0 saturated heterocycles. The summed E-state index contributed by atoms with van der Waals surface area (Å²) in [7, 11) is 0. The van der Waals surface area contributed by atoms with E-state index in [4.69, 9.17) is 4.98 Å². The van der Waals surface area contributed by atoms with Crippen LogP contribution in [0.2, 0.25) is 0 Å². The Labute approximate surface area is 129 Å². The molecule has 2 saturated carbocycles. The van der Waals surface area contributed by atoms with Crippen LogP contribution in [0.1, 0.15) is 57.2 Å². The van der Waals surface area contributed by atoms with E-state index in [1.165, 1.54) is 56.3 Å². The largest absolute Gasteiger partial charge is 0.314 e. The van der Waals surface area contributed by atoms with Crippen LogP contribution in [0.5, 0.6) is 0 Å². The number of nitrogens with zero attached hydrogens (tertiary/aromatic N) is 1. The van der Waals surface area contributed by atoms with Crippen molar-refractivity contribution in [2.24, 2.45) is 17.8 Å². The molecule has 116 valence electrons. The predicted molar refractivity (Wildman–Crippen MR) is 88.3 cm³/mol. The summed E-state index contributed by atoms with van der Waals surface area (Å²) in [6.45, 7) is 5.85. The molecule has 21 heavy (non-hydrogen) atoms. The summed E-state index contributed by atoms with van der Waals surface area (Å²) in [4.78, 5) is 4.69. The Kier molecular flexibility index (Phi) is 4.95. The highest BCUT2D eigenvalue weighted by Crippen LogP contribution is 2.36. The summed E-state index contributed by atoms with van der Waals surface area (Å²) in [5.74, 6) is 2.57. The SMILES string of the molecule is CCc1ccc(CC2CC(C)CCC2CNC2CC2)nc1. The highest BCUT2D eigenvalue weighted by atomic mass is 14.9. The number of hydrogen-bond acceptors (Lipinski definition) is 2. The van der Waals surface area contributed by atoms with Gasteiger partial charge in [0, 0.05) is 17.9 Å². The Balaban J connectivity index is 1.60. The Hall–Kier alpha value is -0.890. The molecular formula is C19H30N2. The standard InChI is InChI=1S/C19H30N2/c1-3-15-5-7-19(20-12-15)11-17-10-14(2)4-6-16(17)13-21-18-8-9-18/h5,7,12,14,16-18,21H,3-4,6,8-11,13H2,1-2H3. The molecule has 0 amide bonds. The van der Waals surface area contributed by atoms with Crippen molar-refractivity contribution in [2.75, 3.05) is 6.54 Å². The fourth-order valence-electron chi connectivity index (χ4n) is 3.74. The first kappa shape index (κ1) is 15.0. The molecule has 2 nitrogen and oxygen atoms in total. The van der Waals surface area contributed by atoms with Crippen LogP contribution in [-0.4, -0.2) is 17.6 Å².